The molecule has 2 aromatic carbocycles. The number of rotatable bonds is 7. The number of anilines is 1. The lowest BCUT2D eigenvalue weighted by Gasteiger charge is -2.19. The SMILES string of the molecule is CCN(CC)S(=O)(=O)c1ccc(OC)c(NC(=O)c2cccc(C(F)(F)F)c2)c1. The van der Waals surface area contributed by atoms with Crippen molar-refractivity contribution in [3.05, 3.63) is 53.6 Å². The van der Waals surface area contributed by atoms with Crippen LogP contribution in [0.4, 0.5) is 18.9 Å². The number of carbonyl (C=O) groups excluding carboxylic acids is 1. The predicted molar refractivity (Wildman–Crippen MR) is 102 cm³/mol. The van der Waals surface area contributed by atoms with E-state index in [0.717, 1.165) is 18.2 Å². The van der Waals surface area contributed by atoms with Crippen molar-refractivity contribution < 1.29 is 31.1 Å². The number of alkyl halides is 3. The van der Waals surface area contributed by atoms with Gasteiger partial charge in [0.1, 0.15) is 5.75 Å². The molecular formula is C19H21F3N2O4S. The number of nitrogens with one attached hydrogen (secondary N) is 1. The molecule has 0 bridgehead atoms. The molecule has 2 rings (SSSR count). The van der Waals surface area contributed by atoms with Crippen LogP contribution in [0.1, 0.15) is 29.8 Å². The fraction of sp³-hybridized carbons (Fsp3) is 0.316. The maximum absolute atomic E-state index is 12.9. The van der Waals surface area contributed by atoms with Gasteiger partial charge in [0, 0.05) is 18.7 Å². The van der Waals surface area contributed by atoms with Gasteiger partial charge in [0.2, 0.25) is 10.0 Å². The van der Waals surface area contributed by atoms with E-state index >= 15 is 0 Å². The molecule has 1 amide bonds. The smallest absolute Gasteiger partial charge is 0.416 e. The Hall–Kier alpha value is -2.59. The average Bonchev–Trinajstić information content (AvgIpc) is 2.68. The van der Waals surface area contributed by atoms with E-state index in [-0.39, 0.29) is 35.0 Å². The van der Waals surface area contributed by atoms with Gasteiger partial charge in [0.05, 0.1) is 23.3 Å². The van der Waals surface area contributed by atoms with Crippen LogP contribution in [0.25, 0.3) is 0 Å². The molecule has 0 fully saturated rings. The van der Waals surface area contributed by atoms with Crippen LogP contribution in [0.2, 0.25) is 0 Å². The highest BCUT2D eigenvalue weighted by molar-refractivity contribution is 7.89. The second kappa shape index (κ2) is 8.83. The van der Waals surface area contributed by atoms with Gasteiger partial charge in [0.25, 0.3) is 5.91 Å². The van der Waals surface area contributed by atoms with Crippen LogP contribution in [-0.4, -0.2) is 38.8 Å². The monoisotopic (exact) mass is 430 g/mol. The van der Waals surface area contributed by atoms with E-state index < -0.39 is 27.7 Å². The van der Waals surface area contributed by atoms with E-state index in [1.54, 1.807) is 13.8 Å². The van der Waals surface area contributed by atoms with E-state index in [2.05, 4.69) is 5.32 Å². The first kappa shape index (κ1) is 22.7. The summed E-state index contributed by atoms with van der Waals surface area (Å²) >= 11 is 0. The minimum absolute atomic E-state index is 0.0307. The summed E-state index contributed by atoms with van der Waals surface area (Å²) in [6, 6.07) is 7.86. The van der Waals surface area contributed by atoms with Crippen molar-refractivity contribution in [2.24, 2.45) is 0 Å². The molecule has 158 valence electrons. The first-order chi connectivity index (χ1) is 13.5. The van der Waals surface area contributed by atoms with Crippen LogP contribution in [0.3, 0.4) is 0 Å². The molecule has 0 spiro atoms. The van der Waals surface area contributed by atoms with Crippen molar-refractivity contribution in [3.8, 4) is 5.75 Å². The maximum atomic E-state index is 12.9. The van der Waals surface area contributed by atoms with Gasteiger partial charge in [-0.1, -0.05) is 19.9 Å². The van der Waals surface area contributed by atoms with Crippen molar-refractivity contribution in [3.63, 3.8) is 0 Å². The second-order valence-corrected chi connectivity index (χ2v) is 7.92. The zero-order valence-electron chi connectivity index (χ0n) is 16.1. The van der Waals surface area contributed by atoms with Crippen LogP contribution >= 0.6 is 0 Å². The van der Waals surface area contributed by atoms with Gasteiger partial charge in [-0.3, -0.25) is 4.79 Å². The first-order valence-electron chi connectivity index (χ1n) is 8.71. The van der Waals surface area contributed by atoms with Gasteiger partial charge in [-0.25, -0.2) is 8.42 Å². The third-order valence-electron chi connectivity index (χ3n) is 4.21. The summed E-state index contributed by atoms with van der Waals surface area (Å²) in [5.74, 6) is -0.657. The molecule has 0 unspecified atom stereocenters. The van der Waals surface area contributed by atoms with Gasteiger partial charge in [0.15, 0.2) is 0 Å². The molecule has 0 saturated heterocycles. The fourth-order valence-corrected chi connectivity index (χ4v) is 4.17. The highest BCUT2D eigenvalue weighted by Gasteiger charge is 2.31. The lowest BCUT2D eigenvalue weighted by molar-refractivity contribution is -0.137. The molecule has 1 N–H and O–H groups in total. The van der Waals surface area contributed by atoms with Crippen molar-refractivity contribution >= 4 is 21.6 Å². The first-order valence-corrected chi connectivity index (χ1v) is 10.1. The number of ether oxygens (including phenoxy) is 1. The molecule has 0 aliphatic carbocycles. The molecule has 0 atom stereocenters. The molecule has 0 aromatic heterocycles. The molecule has 0 radical (unpaired) electrons. The predicted octanol–water partition coefficient (Wildman–Crippen LogP) is 4.00. The second-order valence-electron chi connectivity index (χ2n) is 5.98. The Morgan fingerprint density at radius 1 is 1.10 bits per heavy atom. The Morgan fingerprint density at radius 3 is 2.31 bits per heavy atom. The number of sulfonamides is 1. The van der Waals surface area contributed by atoms with Gasteiger partial charge >= 0.3 is 6.18 Å². The number of nitrogens with zero attached hydrogens (tertiary/aromatic N) is 1. The quantitative estimate of drug-likeness (QED) is 0.721. The zero-order chi connectivity index (χ0) is 21.8. The molecule has 6 nitrogen and oxygen atoms in total. The Morgan fingerprint density at radius 2 is 1.76 bits per heavy atom. The van der Waals surface area contributed by atoms with E-state index in [1.807, 2.05) is 0 Å². The Kier molecular flexibility index (Phi) is 6.91. The van der Waals surface area contributed by atoms with Crippen molar-refractivity contribution in [1.29, 1.82) is 0 Å². The lowest BCUT2D eigenvalue weighted by atomic mass is 10.1. The van der Waals surface area contributed by atoms with E-state index in [0.29, 0.717) is 0 Å². The topological polar surface area (TPSA) is 75.7 Å². The summed E-state index contributed by atoms with van der Waals surface area (Å²) in [5, 5.41) is 2.43. The van der Waals surface area contributed by atoms with Gasteiger partial charge < -0.3 is 10.1 Å². The highest BCUT2D eigenvalue weighted by atomic mass is 32.2. The summed E-state index contributed by atoms with van der Waals surface area (Å²) < 4.78 is 70.4. The molecule has 0 aliphatic heterocycles. The highest BCUT2D eigenvalue weighted by Crippen LogP contribution is 2.31. The molecule has 0 saturated carbocycles. The minimum atomic E-state index is -4.59. The van der Waals surface area contributed by atoms with E-state index in [1.165, 1.54) is 35.7 Å². The van der Waals surface area contributed by atoms with Crippen LogP contribution in [0.15, 0.2) is 47.4 Å². The lowest BCUT2D eigenvalue weighted by Crippen LogP contribution is -2.30. The number of hydrogen-bond donors (Lipinski definition) is 1. The molecule has 10 heteroatoms. The minimum Gasteiger partial charge on any atom is -0.495 e. The Labute approximate surface area is 167 Å². The van der Waals surface area contributed by atoms with Crippen molar-refractivity contribution in [1.82, 2.24) is 4.31 Å². The third-order valence-corrected chi connectivity index (χ3v) is 6.26. The molecule has 0 heterocycles. The summed E-state index contributed by atoms with van der Waals surface area (Å²) in [6.07, 6.45) is -4.59. The number of methoxy groups -OCH3 is 1. The van der Waals surface area contributed by atoms with Gasteiger partial charge in [-0.15, -0.1) is 0 Å². The summed E-state index contributed by atoms with van der Waals surface area (Å²) in [6.45, 7) is 3.91. The largest absolute Gasteiger partial charge is 0.495 e. The average molecular weight is 430 g/mol. The molecule has 0 aliphatic rings. The van der Waals surface area contributed by atoms with Crippen molar-refractivity contribution in [2.75, 3.05) is 25.5 Å². The van der Waals surface area contributed by atoms with Crippen LogP contribution in [0.5, 0.6) is 5.75 Å². The normalized spacial score (nSPS) is 12.1. The Balaban J connectivity index is 2.41. The van der Waals surface area contributed by atoms with Gasteiger partial charge in [-0.2, -0.15) is 17.5 Å². The van der Waals surface area contributed by atoms with Crippen LogP contribution < -0.4 is 10.1 Å². The number of hydrogen-bond acceptors (Lipinski definition) is 4. The van der Waals surface area contributed by atoms with Crippen LogP contribution in [0, 0.1) is 0 Å². The summed E-state index contributed by atoms with van der Waals surface area (Å²) in [5.41, 5.74) is -1.16. The zero-order valence-corrected chi connectivity index (χ0v) is 16.9. The van der Waals surface area contributed by atoms with E-state index in [4.69, 9.17) is 4.74 Å². The third kappa shape index (κ3) is 5.07. The van der Waals surface area contributed by atoms with Gasteiger partial charge in [-0.05, 0) is 36.4 Å². The number of halogens is 3. The van der Waals surface area contributed by atoms with E-state index in [9.17, 15) is 26.4 Å². The number of amides is 1. The maximum Gasteiger partial charge on any atom is 0.416 e. The summed E-state index contributed by atoms with van der Waals surface area (Å²) in [7, 11) is -2.47. The standard InChI is InChI=1S/C19H21F3N2O4S/c1-4-24(5-2)29(26,27)15-9-10-17(28-3)16(12-15)23-18(25)13-7-6-8-14(11-13)19(20,21)22/h6-12H,4-5H2,1-3H3,(H,23,25). The number of carbonyl (C=O) groups is 1. The van der Waals surface area contributed by atoms with Crippen LogP contribution in [-0.2, 0) is 16.2 Å². The summed E-state index contributed by atoms with van der Waals surface area (Å²) in [4.78, 5) is 12.4. The fourth-order valence-electron chi connectivity index (χ4n) is 2.69. The molecular weight excluding hydrogens is 409 g/mol. The molecule has 29 heavy (non-hydrogen) atoms. The Bertz CT molecular complexity index is 987. The number of benzene rings is 2. The molecule has 2 aromatic rings. The van der Waals surface area contributed by atoms with Crippen molar-refractivity contribution in [2.45, 2.75) is 24.9 Å².